The van der Waals surface area contributed by atoms with E-state index < -0.39 is 16.6 Å². The maximum Gasteiger partial charge on any atom is 0.333 e. The van der Waals surface area contributed by atoms with Gasteiger partial charge >= 0.3 is 6.55 Å². The van der Waals surface area contributed by atoms with Crippen LogP contribution in [-0.2, 0) is 15.4 Å². The van der Waals surface area contributed by atoms with Crippen molar-refractivity contribution in [2.45, 2.75) is 62.8 Å². The fourth-order valence-electron chi connectivity index (χ4n) is 4.06. The number of aromatic nitrogens is 4. The van der Waals surface area contributed by atoms with Crippen LogP contribution in [0.25, 0.3) is 0 Å². The Kier molecular flexibility index (Phi) is 4.77. The standard InChI is InChI=1S/C17H23F2N5O3S/c1-11-14(10-20-24(11)16(18)19)28(25,26)23-7-5-17(6-8-23,9-13-3-4-13)15-21-12(2)27-22-15/h10,13,16H,3-9H2,1-2H3. The van der Waals surface area contributed by atoms with Crippen molar-refractivity contribution in [3.05, 3.63) is 23.6 Å². The SMILES string of the molecule is Cc1nc(C2(CC3CC3)CCN(S(=O)(=O)c3cnn(C(F)F)c3C)CC2)no1. The van der Waals surface area contributed by atoms with Gasteiger partial charge in [0.05, 0.1) is 11.9 Å². The van der Waals surface area contributed by atoms with Crippen molar-refractivity contribution in [3.63, 3.8) is 0 Å². The number of nitrogens with zero attached hydrogens (tertiary/aromatic N) is 5. The molecule has 0 bridgehead atoms. The van der Waals surface area contributed by atoms with Gasteiger partial charge in [0.2, 0.25) is 15.9 Å². The van der Waals surface area contributed by atoms with E-state index in [1.807, 2.05) is 0 Å². The van der Waals surface area contributed by atoms with Crippen LogP contribution in [0.5, 0.6) is 0 Å². The molecule has 2 aromatic heterocycles. The quantitative estimate of drug-likeness (QED) is 0.720. The van der Waals surface area contributed by atoms with Gasteiger partial charge in [0, 0.05) is 25.4 Å². The average Bonchev–Trinajstić information content (AvgIpc) is 3.18. The predicted octanol–water partition coefficient (Wildman–Crippen LogP) is 2.80. The third kappa shape index (κ3) is 3.34. The van der Waals surface area contributed by atoms with Crippen molar-refractivity contribution < 1.29 is 21.7 Å². The van der Waals surface area contributed by atoms with E-state index in [0.29, 0.717) is 35.2 Å². The molecule has 0 amide bonds. The van der Waals surface area contributed by atoms with E-state index in [4.69, 9.17) is 4.52 Å². The summed E-state index contributed by atoms with van der Waals surface area (Å²) >= 11 is 0. The number of rotatable bonds is 6. The lowest BCUT2D eigenvalue weighted by molar-refractivity contribution is 0.0541. The van der Waals surface area contributed by atoms with Gasteiger partial charge in [-0.25, -0.2) is 13.1 Å². The monoisotopic (exact) mass is 415 g/mol. The fraction of sp³-hybridized carbons (Fsp3) is 0.706. The van der Waals surface area contributed by atoms with E-state index in [9.17, 15) is 17.2 Å². The summed E-state index contributed by atoms with van der Waals surface area (Å²) in [6.45, 7) is 0.766. The maximum atomic E-state index is 13.0. The van der Waals surface area contributed by atoms with Crippen LogP contribution < -0.4 is 0 Å². The Bertz CT molecular complexity index is 959. The van der Waals surface area contributed by atoms with E-state index >= 15 is 0 Å². The molecular formula is C17H23F2N5O3S. The summed E-state index contributed by atoms with van der Waals surface area (Å²) in [7, 11) is -3.89. The molecule has 8 nitrogen and oxygen atoms in total. The molecule has 11 heteroatoms. The van der Waals surface area contributed by atoms with E-state index in [0.717, 1.165) is 12.6 Å². The minimum atomic E-state index is -3.89. The molecule has 0 unspecified atom stereocenters. The first-order valence-corrected chi connectivity index (χ1v) is 10.8. The topological polar surface area (TPSA) is 94.1 Å². The van der Waals surface area contributed by atoms with Crippen molar-refractivity contribution in [1.29, 1.82) is 0 Å². The van der Waals surface area contributed by atoms with Crippen LogP contribution in [0.2, 0.25) is 0 Å². The summed E-state index contributed by atoms with van der Waals surface area (Å²) in [4.78, 5) is 4.26. The summed E-state index contributed by atoms with van der Waals surface area (Å²) in [6.07, 6.45) is 5.42. The number of sulfonamides is 1. The van der Waals surface area contributed by atoms with Gasteiger partial charge in [-0.3, -0.25) is 0 Å². The van der Waals surface area contributed by atoms with Gasteiger partial charge in [0.15, 0.2) is 5.82 Å². The van der Waals surface area contributed by atoms with Crippen LogP contribution in [0.3, 0.4) is 0 Å². The number of hydrogen-bond donors (Lipinski definition) is 0. The first-order chi connectivity index (χ1) is 13.2. The third-order valence-corrected chi connectivity index (χ3v) is 7.86. The minimum absolute atomic E-state index is 0.0568. The molecule has 0 aromatic carbocycles. The summed E-state index contributed by atoms with van der Waals surface area (Å²) in [6, 6.07) is 0. The van der Waals surface area contributed by atoms with E-state index in [1.54, 1.807) is 6.92 Å². The van der Waals surface area contributed by atoms with Crippen molar-refractivity contribution in [3.8, 4) is 0 Å². The lowest BCUT2D eigenvalue weighted by Gasteiger charge is -2.39. The molecule has 28 heavy (non-hydrogen) atoms. The van der Waals surface area contributed by atoms with Gasteiger partial charge < -0.3 is 4.52 Å². The molecule has 2 aliphatic rings. The molecule has 1 saturated heterocycles. The highest BCUT2D eigenvalue weighted by molar-refractivity contribution is 7.89. The molecule has 1 saturated carbocycles. The second-order valence-corrected chi connectivity index (χ2v) is 9.69. The fourth-order valence-corrected chi connectivity index (χ4v) is 5.65. The highest BCUT2D eigenvalue weighted by Gasteiger charge is 2.46. The Labute approximate surface area is 162 Å². The van der Waals surface area contributed by atoms with E-state index in [2.05, 4.69) is 15.2 Å². The van der Waals surface area contributed by atoms with Crippen LogP contribution in [0, 0.1) is 19.8 Å². The van der Waals surface area contributed by atoms with E-state index in [-0.39, 0.29) is 29.1 Å². The minimum Gasteiger partial charge on any atom is -0.340 e. The Morgan fingerprint density at radius 2 is 1.96 bits per heavy atom. The molecule has 2 aromatic rings. The maximum absolute atomic E-state index is 13.0. The molecule has 0 N–H and O–H groups in total. The van der Waals surface area contributed by atoms with Gasteiger partial charge in [-0.1, -0.05) is 18.0 Å². The van der Waals surface area contributed by atoms with Crippen molar-refractivity contribution >= 4 is 10.0 Å². The Morgan fingerprint density at radius 3 is 2.46 bits per heavy atom. The predicted molar refractivity (Wildman–Crippen MR) is 94.3 cm³/mol. The van der Waals surface area contributed by atoms with Crippen LogP contribution in [0.1, 0.15) is 56.1 Å². The summed E-state index contributed by atoms with van der Waals surface area (Å²) in [5, 5.41) is 7.66. The first-order valence-electron chi connectivity index (χ1n) is 9.36. The molecule has 154 valence electrons. The zero-order valence-corrected chi connectivity index (χ0v) is 16.6. The van der Waals surface area contributed by atoms with Crippen LogP contribution in [0.4, 0.5) is 8.78 Å². The lowest BCUT2D eigenvalue weighted by Crippen LogP contribution is -2.46. The average molecular weight is 415 g/mol. The number of alkyl halides is 2. The van der Waals surface area contributed by atoms with Crippen LogP contribution in [-0.4, -0.2) is 45.7 Å². The third-order valence-electron chi connectivity index (χ3n) is 5.86. The molecule has 1 aliphatic carbocycles. The molecule has 4 rings (SSSR count). The molecule has 2 fully saturated rings. The highest BCUT2D eigenvalue weighted by Crippen LogP contribution is 2.47. The van der Waals surface area contributed by atoms with E-state index in [1.165, 1.54) is 24.1 Å². The zero-order valence-electron chi connectivity index (χ0n) is 15.8. The molecular weight excluding hydrogens is 392 g/mol. The molecule has 3 heterocycles. The van der Waals surface area contributed by atoms with Gasteiger partial charge in [0.25, 0.3) is 0 Å². The van der Waals surface area contributed by atoms with Crippen molar-refractivity contribution in [1.82, 2.24) is 24.2 Å². The smallest absolute Gasteiger partial charge is 0.333 e. The largest absolute Gasteiger partial charge is 0.340 e. The van der Waals surface area contributed by atoms with Gasteiger partial charge in [-0.2, -0.15) is 23.2 Å². The number of halogens is 2. The Hall–Kier alpha value is -1.88. The second-order valence-electron chi connectivity index (χ2n) is 7.79. The first kappa shape index (κ1) is 19.4. The number of piperidine rings is 1. The normalized spacial score (nSPS) is 20.8. The zero-order chi connectivity index (χ0) is 20.1. The van der Waals surface area contributed by atoms with Crippen LogP contribution in [0.15, 0.2) is 15.6 Å². The molecule has 0 radical (unpaired) electrons. The van der Waals surface area contributed by atoms with Gasteiger partial charge in [-0.15, -0.1) is 0 Å². The van der Waals surface area contributed by atoms with Gasteiger partial charge in [0.1, 0.15) is 4.90 Å². The molecule has 0 spiro atoms. The molecule has 1 aliphatic heterocycles. The van der Waals surface area contributed by atoms with Gasteiger partial charge in [-0.05, 0) is 32.1 Å². The summed E-state index contributed by atoms with van der Waals surface area (Å²) in [5.41, 5.74) is -0.355. The Morgan fingerprint density at radius 1 is 1.29 bits per heavy atom. The highest BCUT2D eigenvalue weighted by atomic mass is 32.2. The van der Waals surface area contributed by atoms with Crippen molar-refractivity contribution in [2.24, 2.45) is 5.92 Å². The number of aryl methyl sites for hydroxylation is 1. The number of hydrogen-bond acceptors (Lipinski definition) is 6. The second kappa shape index (κ2) is 6.87. The summed E-state index contributed by atoms with van der Waals surface area (Å²) < 4.78 is 58.9. The molecule has 0 atom stereocenters. The van der Waals surface area contributed by atoms with Crippen LogP contribution >= 0.6 is 0 Å². The lowest BCUT2D eigenvalue weighted by atomic mass is 9.74. The Balaban J connectivity index is 1.56. The van der Waals surface area contributed by atoms with Crippen molar-refractivity contribution in [2.75, 3.05) is 13.1 Å². The summed E-state index contributed by atoms with van der Waals surface area (Å²) in [5.74, 6) is 1.76.